The van der Waals surface area contributed by atoms with Crippen LogP contribution in [0.5, 0.6) is 0 Å². The molecule has 1 N–H and O–H groups in total. The van der Waals surface area contributed by atoms with Gasteiger partial charge in [-0.15, -0.1) is 0 Å². The maximum Gasteiger partial charge on any atom is 0.242 e. The zero-order chi connectivity index (χ0) is 26.3. The van der Waals surface area contributed by atoms with E-state index in [0.717, 1.165) is 34.3 Å². The molecule has 0 aliphatic heterocycles. The summed E-state index contributed by atoms with van der Waals surface area (Å²) in [6.07, 6.45) is 0.977. The molecule has 0 radical (unpaired) electrons. The van der Waals surface area contributed by atoms with Gasteiger partial charge in [-0.25, -0.2) is 17.2 Å². The lowest BCUT2D eigenvalue weighted by Crippen LogP contribution is -2.49. The van der Waals surface area contributed by atoms with Crippen LogP contribution in [0.15, 0.2) is 42.5 Å². The molecule has 0 spiro atoms. The third kappa shape index (κ3) is 8.47. The minimum Gasteiger partial charge on any atom is -0.352 e. The number of hydrogen-bond acceptors (Lipinski definition) is 4. The van der Waals surface area contributed by atoms with Crippen molar-refractivity contribution >= 4 is 39.1 Å². The summed E-state index contributed by atoms with van der Waals surface area (Å²) in [4.78, 5) is 27.2. The Kier molecular flexibility index (Phi) is 10.0. The molecule has 0 heterocycles. The number of carbonyl (C=O) groups excluding carboxylic acids is 2. The summed E-state index contributed by atoms with van der Waals surface area (Å²) in [5.41, 5.74) is 0.730. The molecule has 7 nitrogen and oxygen atoms in total. The average Bonchev–Trinajstić information content (AvgIpc) is 2.76. The summed E-state index contributed by atoms with van der Waals surface area (Å²) < 4.78 is 52.4. The molecular formula is C24H30ClF2N3O4S. The smallest absolute Gasteiger partial charge is 0.242 e. The SMILES string of the molecule is CC(C)NC(=O)[C@H](C)N(Cc1ccc(Cl)cc1)C(=O)CCCN(c1ccc(F)c(F)c1)S(C)(=O)=O. The first kappa shape index (κ1) is 28.5. The molecule has 0 unspecified atom stereocenters. The van der Waals surface area contributed by atoms with E-state index in [1.165, 1.54) is 4.90 Å². The van der Waals surface area contributed by atoms with Crippen LogP contribution in [0.4, 0.5) is 14.5 Å². The Hall–Kier alpha value is -2.72. The van der Waals surface area contributed by atoms with Crippen molar-refractivity contribution in [3.63, 3.8) is 0 Å². The number of halogens is 3. The monoisotopic (exact) mass is 529 g/mol. The first-order valence-corrected chi connectivity index (χ1v) is 13.3. The molecule has 2 aromatic carbocycles. The van der Waals surface area contributed by atoms with Gasteiger partial charge in [-0.1, -0.05) is 23.7 Å². The first-order chi connectivity index (χ1) is 16.3. The van der Waals surface area contributed by atoms with Crippen molar-refractivity contribution in [2.45, 2.75) is 52.2 Å². The van der Waals surface area contributed by atoms with Crippen LogP contribution in [0.1, 0.15) is 39.2 Å². The molecule has 2 aromatic rings. The van der Waals surface area contributed by atoms with Gasteiger partial charge in [0.05, 0.1) is 11.9 Å². The summed E-state index contributed by atoms with van der Waals surface area (Å²) in [7, 11) is -3.82. The highest BCUT2D eigenvalue weighted by Gasteiger charge is 2.27. The van der Waals surface area contributed by atoms with Crippen molar-refractivity contribution in [3.8, 4) is 0 Å². The summed E-state index contributed by atoms with van der Waals surface area (Å²) >= 11 is 5.94. The van der Waals surface area contributed by atoms with Crippen LogP contribution < -0.4 is 9.62 Å². The predicted octanol–water partition coefficient (Wildman–Crippen LogP) is 4.11. The Morgan fingerprint density at radius 2 is 1.66 bits per heavy atom. The fourth-order valence-electron chi connectivity index (χ4n) is 3.42. The molecule has 192 valence electrons. The predicted molar refractivity (Wildman–Crippen MR) is 133 cm³/mol. The minimum atomic E-state index is -3.82. The Balaban J connectivity index is 2.18. The van der Waals surface area contributed by atoms with Gasteiger partial charge in [0.1, 0.15) is 6.04 Å². The minimum absolute atomic E-state index is 0.0402. The summed E-state index contributed by atoms with van der Waals surface area (Å²) in [5, 5.41) is 3.33. The second-order valence-corrected chi connectivity index (χ2v) is 10.9. The average molecular weight is 530 g/mol. The normalized spacial score (nSPS) is 12.3. The fourth-order valence-corrected chi connectivity index (χ4v) is 4.50. The van der Waals surface area contributed by atoms with E-state index in [1.807, 2.05) is 13.8 Å². The molecule has 0 fully saturated rings. The molecule has 1 atom stereocenters. The van der Waals surface area contributed by atoms with Gasteiger partial charge < -0.3 is 10.2 Å². The maximum absolute atomic E-state index is 13.7. The highest BCUT2D eigenvalue weighted by atomic mass is 35.5. The van der Waals surface area contributed by atoms with E-state index in [1.54, 1.807) is 31.2 Å². The summed E-state index contributed by atoms with van der Waals surface area (Å²) in [6.45, 7) is 5.27. The number of nitrogens with zero attached hydrogens (tertiary/aromatic N) is 2. The summed E-state index contributed by atoms with van der Waals surface area (Å²) in [6, 6.07) is 8.78. The molecular weight excluding hydrogens is 500 g/mol. The van der Waals surface area contributed by atoms with E-state index in [9.17, 15) is 26.8 Å². The summed E-state index contributed by atoms with van der Waals surface area (Å²) in [5.74, 6) is -2.94. The second kappa shape index (κ2) is 12.3. The Morgan fingerprint density at radius 1 is 1.03 bits per heavy atom. The van der Waals surface area contributed by atoms with Crippen LogP contribution in [0, 0.1) is 11.6 Å². The molecule has 11 heteroatoms. The number of rotatable bonds is 11. The largest absolute Gasteiger partial charge is 0.352 e. The van der Waals surface area contributed by atoms with Gasteiger partial charge in [-0.05, 0) is 57.0 Å². The molecule has 0 aliphatic rings. The van der Waals surface area contributed by atoms with E-state index in [2.05, 4.69) is 5.32 Å². The number of nitrogens with one attached hydrogen (secondary N) is 1. The fraction of sp³-hybridized carbons (Fsp3) is 0.417. The molecule has 2 amide bonds. The Morgan fingerprint density at radius 3 is 2.20 bits per heavy atom. The van der Waals surface area contributed by atoms with Gasteiger partial charge in [0.25, 0.3) is 0 Å². The van der Waals surface area contributed by atoms with Gasteiger partial charge >= 0.3 is 0 Å². The topological polar surface area (TPSA) is 86.8 Å². The molecule has 0 bridgehead atoms. The van der Waals surface area contributed by atoms with E-state index < -0.39 is 27.7 Å². The van der Waals surface area contributed by atoms with E-state index in [4.69, 9.17) is 11.6 Å². The van der Waals surface area contributed by atoms with Crippen LogP contribution in [0.3, 0.4) is 0 Å². The van der Waals surface area contributed by atoms with Crippen LogP contribution in [0.2, 0.25) is 5.02 Å². The van der Waals surface area contributed by atoms with Gasteiger partial charge in [0.15, 0.2) is 11.6 Å². The quantitative estimate of drug-likeness (QED) is 0.474. The molecule has 0 saturated heterocycles. The van der Waals surface area contributed by atoms with Gasteiger partial charge in [0.2, 0.25) is 21.8 Å². The molecule has 0 aromatic heterocycles. The zero-order valence-corrected chi connectivity index (χ0v) is 21.7. The van der Waals surface area contributed by atoms with E-state index in [0.29, 0.717) is 5.02 Å². The highest BCUT2D eigenvalue weighted by molar-refractivity contribution is 7.92. The molecule has 0 saturated carbocycles. The number of benzene rings is 2. The Bertz CT molecular complexity index is 1140. The first-order valence-electron chi connectivity index (χ1n) is 11.1. The number of carbonyl (C=O) groups is 2. The lowest BCUT2D eigenvalue weighted by molar-refractivity contribution is -0.140. The van der Waals surface area contributed by atoms with Crippen molar-refractivity contribution < 1.29 is 26.8 Å². The van der Waals surface area contributed by atoms with E-state index >= 15 is 0 Å². The lowest BCUT2D eigenvalue weighted by Gasteiger charge is -2.30. The number of hydrogen-bond donors (Lipinski definition) is 1. The van der Waals surface area contributed by atoms with Crippen molar-refractivity contribution in [3.05, 3.63) is 64.7 Å². The van der Waals surface area contributed by atoms with Gasteiger partial charge in [-0.2, -0.15) is 0 Å². The van der Waals surface area contributed by atoms with Crippen LogP contribution in [0.25, 0.3) is 0 Å². The molecule has 0 aliphatic carbocycles. The second-order valence-electron chi connectivity index (χ2n) is 8.52. The third-order valence-electron chi connectivity index (χ3n) is 5.21. The van der Waals surface area contributed by atoms with Crippen molar-refractivity contribution in [2.75, 3.05) is 17.1 Å². The van der Waals surface area contributed by atoms with Gasteiger partial charge in [-0.3, -0.25) is 13.9 Å². The third-order valence-corrected chi connectivity index (χ3v) is 6.65. The molecule has 35 heavy (non-hydrogen) atoms. The Labute approximate surface area is 210 Å². The number of sulfonamides is 1. The van der Waals surface area contributed by atoms with Crippen LogP contribution in [-0.4, -0.2) is 50.0 Å². The van der Waals surface area contributed by atoms with Crippen molar-refractivity contribution in [1.29, 1.82) is 0 Å². The van der Waals surface area contributed by atoms with Crippen LogP contribution >= 0.6 is 11.6 Å². The van der Waals surface area contributed by atoms with Crippen LogP contribution in [-0.2, 0) is 26.2 Å². The standard InChI is InChI=1S/C24H30ClF2N3O4S/c1-16(2)28-24(32)17(3)29(15-18-7-9-19(25)10-8-18)23(31)6-5-13-30(35(4,33)34)20-11-12-21(26)22(27)14-20/h7-12,14,16-17H,5-6,13,15H2,1-4H3,(H,28,32)/t17-/m0/s1. The highest BCUT2D eigenvalue weighted by Crippen LogP contribution is 2.22. The van der Waals surface area contributed by atoms with E-state index in [-0.39, 0.29) is 49.5 Å². The van der Waals surface area contributed by atoms with Crippen molar-refractivity contribution in [2.24, 2.45) is 0 Å². The molecule has 2 rings (SSSR count). The number of amides is 2. The van der Waals surface area contributed by atoms with Gasteiger partial charge in [0, 0.05) is 36.6 Å². The maximum atomic E-state index is 13.7. The number of anilines is 1. The lowest BCUT2D eigenvalue weighted by atomic mass is 10.1. The van der Waals surface area contributed by atoms with Crippen molar-refractivity contribution in [1.82, 2.24) is 10.2 Å². The zero-order valence-electron chi connectivity index (χ0n) is 20.1.